The van der Waals surface area contributed by atoms with Crippen molar-refractivity contribution in [2.75, 3.05) is 40.0 Å². The number of amides is 2. The summed E-state index contributed by atoms with van der Waals surface area (Å²) >= 11 is 0. The minimum atomic E-state index is -0.192. The second-order valence-corrected chi connectivity index (χ2v) is 6.52. The number of carbonyl (C=O) groups is 1. The zero-order chi connectivity index (χ0) is 18.9. The molecule has 6 heteroatoms. The molecule has 1 saturated heterocycles. The minimum absolute atomic E-state index is 0.0815. The smallest absolute Gasteiger partial charge is 0.315 e. The van der Waals surface area contributed by atoms with Gasteiger partial charge in [-0.05, 0) is 11.6 Å². The fraction of sp³-hybridized carbons (Fsp3) is 0.381. The van der Waals surface area contributed by atoms with Crippen LogP contribution >= 0.6 is 0 Å². The first kappa shape index (κ1) is 19.2. The van der Waals surface area contributed by atoms with Crippen molar-refractivity contribution in [1.29, 1.82) is 0 Å². The minimum Gasteiger partial charge on any atom is -0.496 e. The van der Waals surface area contributed by atoms with Gasteiger partial charge in [-0.1, -0.05) is 48.5 Å². The van der Waals surface area contributed by atoms with Crippen LogP contribution in [0.5, 0.6) is 5.75 Å². The predicted molar refractivity (Wildman–Crippen MR) is 105 cm³/mol. The van der Waals surface area contributed by atoms with Crippen molar-refractivity contribution in [3.05, 3.63) is 65.7 Å². The Kier molecular flexibility index (Phi) is 7.07. The highest BCUT2D eigenvalue weighted by atomic mass is 16.5. The first-order valence-corrected chi connectivity index (χ1v) is 9.27. The summed E-state index contributed by atoms with van der Waals surface area (Å²) in [5, 5.41) is 6.05. The number of methoxy groups -OCH3 is 1. The summed E-state index contributed by atoms with van der Waals surface area (Å²) in [4.78, 5) is 14.9. The second-order valence-electron chi connectivity index (χ2n) is 6.52. The quantitative estimate of drug-likeness (QED) is 0.787. The molecule has 3 rings (SSSR count). The van der Waals surface area contributed by atoms with Crippen molar-refractivity contribution in [3.8, 4) is 5.75 Å². The number of hydrogen-bond acceptors (Lipinski definition) is 4. The molecule has 0 unspecified atom stereocenters. The van der Waals surface area contributed by atoms with E-state index in [1.54, 1.807) is 7.11 Å². The molecule has 2 N–H and O–H groups in total. The Morgan fingerprint density at radius 2 is 1.81 bits per heavy atom. The van der Waals surface area contributed by atoms with Gasteiger partial charge in [-0.25, -0.2) is 4.79 Å². The van der Waals surface area contributed by atoms with Crippen molar-refractivity contribution < 1.29 is 14.3 Å². The Morgan fingerprint density at radius 3 is 2.56 bits per heavy atom. The molecule has 1 aliphatic rings. The third-order valence-corrected chi connectivity index (χ3v) is 4.68. The summed E-state index contributed by atoms with van der Waals surface area (Å²) < 4.78 is 10.8. The molecular formula is C21H27N3O3. The highest BCUT2D eigenvalue weighted by molar-refractivity contribution is 5.74. The maximum absolute atomic E-state index is 12.5. The Hall–Kier alpha value is -2.57. The van der Waals surface area contributed by atoms with Crippen molar-refractivity contribution in [1.82, 2.24) is 15.5 Å². The van der Waals surface area contributed by atoms with Crippen LogP contribution in [0, 0.1) is 0 Å². The van der Waals surface area contributed by atoms with Crippen LogP contribution in [0.15, 0.2) is 54.6 Å². The molecule has 6 nitrogen and oxygen atoms in total. The average Bonchev–Trinajstić information content (AvgIpc) is 2.73. The molecule has 27 heavy (non-hydrogen) atoms. The summed E-state index contributed by atoms with van der Waals surface area (Å²) in [6.45, 7) is 4.41. The number of rotatable bonds is 7. The van der Waals surface area contributed by atoms with Crippen molar-refractivity contribution >= 4 is 6.03 Å². The van der Waals surface area contributed by atoms with E-state index in [-0.39, 0.29) is 12.1 Å². The van der Waals surface area contributed by atoms with E-state index < -0.39 is 0 Å². The van der Waals surface area contributed by atoms with E-state index in [4.69, 9.17) is 9.47 Å². The van der Waals surface area contributed by atoms with Gasteiger partial charge in [-0.2, -0.15) is 0 Å². The molecular weight excluding hydrogens is 342 g/mol. The molecule has 2 aromatic carbocycles. The van der Waals surface area contributed by atoms with Gasteiger partial charge in [0.1, 0.15) is 5.75 Å². The molecule has 144 valence electrons. The summed E-state index contributed by atoms with van der Waals surface area (Å²) in [5.41, 5.74) is 2.04. The molecule has 0 spiro atoms. The van der Waals surface area contributed by atoms with Crippen LogP contribution in [0.25, 0.3) is 0 Å². The number of benzene rings is 2. The van der Waals surface area contributed by atoms with Gasteiger partial charge >= 0.3 is 6.03 Å². The summed E-state index contributed by atoms with van der Waals surface area (Å²) in [7, 11) is 1.63. The van der Waals surface area contributed by atoms with Crippen molar-refractivity contribution in [3.63, 3.8) is 0 Å². The lowest BCUT2D eigenvalue weighted by Crippen LogP contribution is -2.45. The molecule has 2 amide bonds. The van der Waals surface area contributed by atoms with Gasteiger partial charge in [-0.3, -0.25) is 4.90 Å². The number of morpholine rings is 1. The molecule has 0 radical (unpaired) electrons. The number of hydrogen-bond donors (Lipinski definition) is 2. The first-order valence-electron chi connectivity index (χ1n) is 9.27. The Balaban J connectivity index is 1.61. The number of para-hydroxylation sites is 1. The molecule has 0 aliphatic carbocycles. The monoisotopic (exact) mass is 369 g/mol. The molecule has 0 saturated carbocycles. The maximum atomic E-state index is 12.5. The molecule has 1 fully saturated rings. The van der Waals surface area contributed by atoms with Crippen LogP contribution in [-0.2, 0) is 11.3 Å². The SMILES string of the molecule is COc1ccccc1CNC(=O)N[C@H](CN1CCOCC1)c1ccccc1. The fourth-order valence-corrected chi connectivity index (χ4v) is 3.20. The number of carbonyl (C=O) groups excluding carboxylic acids is 1. The summed E-state index contributed by atoms with van der Waals surface area (Å²) in [5.74, 6) is 0.769. The zero-order valence-corrected chi connectivity index (χ0v) is 15.7. The highest BCUT2D eigenvalue weighted by Crippen LogP contribution is 2.17. The summed E-state index contributed by atoms with van der Waals surface area (Å²) in [6.07, 6.45) is 0. The van der Waals surface area contributed by atoms with Crippen LogP contribution in [0.3, 0.4) is 0 Å². The van der Waals surface area contributed by atoms with Crippen LogP contribution in [0.4, 0.5) is 4.79 Å². The molecule has 1 atom stereocenters. The third-order valence-electron chi connectivity index (χ3n) is 4.68. The number of nitrogens with zero attached hydrogens (tertiary/aromatic N) is 1. The van der Waals surface area contributed by atoms with E-state index in [9.17, 15) is 4.79 Å². The van der Waals surface area contributed by atoms with Gasteiger partial charge in [0.25, 0.3) is 0 Å². The normalized spacial score (nSPS) is 15.7. The standard InChI is InChI=1S/C21H27N3O3/c1-26-20-10-6-5-9-18(20)15-22-21(25)23-19(17-7-3-2-4-8-17)16-24-11-13-27-14-12-24/h2-10,19H,11-16H2,1H3,(H2,22,23,25)/t19-/m1/s1. The highest BCUT2D eigenvalue weighted by Gasteiger charge is 2.20. The van der Waals surface area contributed by atoms with Gasteiger partial charge in [0, 0.05) is 31.7 Å². The lowest BCUT2D eigenvalue weighted by atomic mass is 10.1. The van der Waals surface area contributed by atoms with E-state index in [2.05, 4.69) is 15.5 Å². The van der Waals surface area contributed by atoms with Crippen LogP contribution in [-0.4, -0.2) is 50.9 Å². The topological polar surface area (TPSA) is 62.8 Å². The largest absolute Gasteiger partial charge is 0.496 e. The molecule has 1 aliphatic heterocycles. The van der Waals surface area contributed by atoms with Gasteiger partial charge in [0.05, 0.1) is 26.4 Å². The first-order chi connectivity index (χ1) is 13.3. The Morgan fingerprint density at radius 1 is 1.11 bits per heavy atom. The zero-order valence-electron chi connectivity index (χ0n) is 15.7. The van der Waals surface area contributed by atoms with Crippen molar-refractivity contribution in [2.24, 2.45) is 0 Å². The molecule has 1 heterocycles. The lowest BCUT2D eigenvalue weighted by Gasteiger charge is -2.31. The van der Waals surface area contributed by atoms with Gasteiger partial charge in [0.15, 0.2) is 0 Å². The maximum Gasteiger partial charge on any atom is 0.315 e. The molecule has 0 bridgehead atoms. The van der Waals surface area contributed by atoms with Crippen LogP contribution < -0.4 is 15.4 Å². The molecule has 2 aromatic rings. The number of ether oxygens (including phenoxy) is 2. The van der Waals surface area contributed by atoms with Gasteiger partial charge in [0.2, 0.25) is 0 Å². The van der Waals surface area contributed by atoms with E-state index in [0.717, 1.165) is 49.7 Å². The Labute approximate surface area is 160 Å². The van der Waals surface area contributed by atoms with Crippen LogP contribution in [0.1, 0.15) is 17.2 Å². The third kappa shape index (κ3) is 5.70. The lowest BCUT2D eigenvalue weighted by molar-refractivity contribution is 0.0340. The van der Waals surface area contributed by atoms with E-state index in [1.165, 1.54) is 0 Å². The predicted octanol–water partition coefficient (Wildman–Crippen LogP) is 2.57. The Bertz CT molecular complexity index is 718. The fourth-order valence-electron chi connectivity index (χ4n) is 3.20. The number of nitrogens with one attached hydrogen (secondary N) is 2. The number of urea groups is 1. The van der Waals surface area contributed by atoms with E-state index in [1.807, 2.05) is 54.6 Å². The summed E-state index contributed by atoms with van der Waals surface area (Å²) in [6, 6.07) is 17.5. The van der Waals surface area contributed by atoms with Crippen molar-refractivity contribution in [2.45, 2.75) is 12.6 Å². The van der Waals surface area contributed by atoms with E-state index >= 15 is 0 Å². The molecule has 0 aromatic heterocycles. The van der Waals surface area contributed by atoms with Gasteiger partial charge < -0.3 is 20.1 Å². The van der Waals surface area contributed by atoms with Gasteiger partial charge in [-0.15, -0.1) is 0 Å². The second kappa shape index (κ2) is 9.94. The van der Waals surface area contributed by atoms with Crippen LogP contribution in [0.2, 0.25) is 0 Å². The van der Waals surface area contributed by atoms with E-state index in [0.29, 0.717) is 6.54 Å². The average molecular weight is 369 g/mol.